The Bertz CT molecular complexity index is 3130. The zero-order valence-corrected chi connectivity index (χ0v) is 27.7. The second-order valence-corrected chi connectivity index (χ2v) is 13.4. The monoisotopic (exact) mass is 649 g/mol. The molecule has 0 amide bonds. The van der Waals surface area contributed by atoms with Crippen molar-refractivity contribution in [3.8, 4) is 5.69 Å². The lowest BCUT2D eigenvalue weighted by Crippen LogP contribution is -2.24. The van der Waals surface area contributed by atoms with Crippen LogP contribution in [0.25, 0.3) is 81.6 Å². The first kappa shape index (κ1) is 28.0. The van der Waals surface area contributed by atoms with Gasteiger partial charge in [0.05, 0.1) is 33.4 Å². The molecule has 0 fully saturated rings. The Hall–Kier alpha value is -6.84. The largest absolute Gasteiger partial charge is 0.309 e. The summed E-state index contributed by atoms with van der Waals surface area (Å²) in [6.45, 7) is 0. The van der Waals surface area contributed by atoms with Crippen LogP contribution < -0.4 is 5.01 Å². The van der Waals surface area contributed by atoms with Gasteiger partial charge in [-0.3, -0.25) is 0 Å². The van der Waals surface area contributed by atoms with Crippen LogP contribution in [-0.4, -0.2) is 9.24 Å². The molecule has 3 nitrogen and oxygen atoms in total. The van der Waals surface area contributed by atoms with Crippen LogP contribution in [0.2, 0.25) is 0 Å². The van der Waals surface area contributed by atoms with E-state index < -0.39 is 0 Å². The molecule has 0 saturated carbocycles. The van der Waals surface area contributed by atoms with Crippen molar-refractivity contribution in [2.75, 3.05) is 5.01 Å². The molecule has 2 aromatic heterocycles. The third-order valence-corrected chi connectivity index (χ3v) is 10.6. The van der Waals surface area contributed by atoms with E-state index in [2.05, 4.69) is 202 Å². The Balaban J connectivity index is 1.28. The van der Waals surface area contributed by atoms with E-state index in [-0.39, 0.29) is 0 Å². The summed E-state index contributed by atoms with van der Waals surface area (Å²) in [6.07, 6.45) is 0. The number of para-hydroxylation sites is 4. The molecule has 11 aromatic rings. The SMILES string of the molecule is c1ccc(N(c2ccc3c(c2)c2ccccc2n3-c2ccccc2)n2c3ccccc3c3ccc4ccc5c6ccccc6ccc5c4c32)cc1. The standard InChI is InChI=1S/C48H31N3/c1-3-14-34(15-4-1)49-44-21-11-9-20-40(44)43-31-36(26-30-45(43)49)50(35-16-5-2-6-17-35)51-46-22-12-10-19-39(46)42-29-25-33-24-27-38-37-18-8-7-13-32(37)23-28-41(38)47(33)48(42)51/h1-31H. The van der Waals surface area contributed by atoms with Gasteiger partial charge in [0, 0.05) is 32.6 Å². The molecule has 0 bridgehead atoms. The van der Waals surface area contributed by atoms with E-state index in [0.717, 1.165) is 22.6 Å². The van der Waals surface area contributed by atoms with Crippen molar-refractivity contribution in [3.05, 3.63) is 188 Å². The highest BCUT2D eigenvalue weighted by Gasteiger charge is 2.23. The quantitative estimate of drug-likeness (QED) is 0.173. The number of hydrogen-bond acceptors (Lipinski definition) is 1. The number of benzene rings is 9. The lowest BCUT2D eigenvalue weighted by Gasteiger charge is -2.29. The minimum Gasteiger partial charge on any atom is -0.309 e. The lowest BCUT2D eigenvalue weighted by molar-refractivity contribution is 0.890. The van der Waals surface area contributed by atoms with Gasteiger partial charge >= 0.3 is 0 Å². The molecule has 9 aromatic carbocycles. The van der Waals surface area contributed by atoms with Gasteiger partial charge in [0.2, 0.25) is 0 Å². The van der Waals surface area contributed by atoms with Crippen molar-refractivity contribution >= 4 is 87.3 Å². The first-order valence-electron chi connectivity index (χ1n) is 17.5. The number of hydrogen-bond donors (Lipinski definition) is 0. The number of aromatic nitrogens is 2. The normalized spacial score (nSPS) is 11.9. The predicted octanol–water partition coefficient (Wildman–Crippen LogP) is 13.0. The first-order valence-corrected chi connectivity index (χ1v) is 17.5. The van der Waals surface area contributed by atoms with Crippen LogP contribution in [-0.2, 0) is 0 Å². The molecule has 0 N–H and O–H groups in total. The van der Waals surface area contributed by atoms with E-state index in [0.29, 0.717) is 0 Å². The number of fused-ring (bicyclic) bond motifs is 12. The molecular weight excluding hydrogens is 619 g/mol. The smallest absolute Gasteiger partial charge is 0.0800 e. The zero-order chi connectivity index (χ0) is 33.5. The fourth-order valence-electron chi connectivity index (χ4n) is 8.44. The Morgan fingerprint density at radius 3 is 1.73 bits per heavy atom. The second kappa shape index (κ2) is 10.8. The number of nitrogens with zero attached hydrogens (tertiary/aromatic N) is 3. The first-order chi connectivity index (χ1) is 25.3. The van der Waals surface area contributed by atoms with Crippen molar-refractivity contribution in [2.45, 2.75) is 0 Å². The molecule has 11 rings (SSSR count). The van der Waals surface area contributed by atoms with E-state index >= 15 is 0 Å². The highest BCUT2D eigenvalue weighted by Crippen LogP contribution is 2.43. The van der Waals surface area contributed by atoms with Gasteiger partial charge in [-0.1, -0.05) is 133 Å². The third-order valence-electron chi connectivity index (χ3n) is 10.6. The van der Waals surface area contributed by atoms with Gasteiger partial charge in [0.25, 0.3) is 0 Å². The molecule has 51 heavy (non-hydrogen) atoms. The maximum absolute atomic E-state index is 2.47. The summed E-state index contributed by atoms with van der Waals surface area (Å²) < 4.78 is 4.85. The van der Waals surface area contributed by atoms with Crippen LogP contribution in [0, 0.1) is 0 Å². The topological polar surface area (TPSA) is 13.1 Å². The molecule has 2 heterocycles. The van der Waals surface area contributed by atoms with E-state index in [1.165, 1.54) is 70.4 Å². The predicted molar refractivity (Wildman–Crippen MR) is 217 cm³/mol. The van der Waals surface area contributed by atoms with Crippen LogP contribution in [0.5, 0.6) is 0 Å². The average molecular weight is 650 g/mol. The van der Waals surface area contributed by atoms with Gasteiger partial charge < -0.3 is 4.57 Å². The highest BCUT2D eigenvalue weighted by molar-refractivity contribution is 6.28. The van der Waals surface area contributed by atoms with Crippen LogP contribution in [0.3, 0.4) is 0 Å². The Labute approximate surface area is 294 Å². The summed E-state index contributed by atoms with van der Waals surface area (Å²) in [5.41, 5.74) is 8.08. The Morgan fingerprint density at radius 1 is 0.333 bits per heavy atom. The zero-order valence-electron chi connectivity index (χ0n) is 27.7. The molecule has 0 aliphatic rings. The molecule has 0 aliphatic heterocycles. The number of anilines is 2. The summed E-state index contributed by atoms with van der Waals surface area (Å²) >= 11 is 0. The Morgan fingerprint density at radius 2 is 0.922 bits per heavy atom. The van der Waals surface area contributed by atoms with Crippen LogP contribution >= 0.6 is 0 Å². The molecule has 0 radical (unpaired) electrons. The minimum atomic E-state index is 1.09. The van der Waals surface area contributed by atoms with Gasteiger partial charge in [-0.25, -0.2) is 9.69 Å². The van der Waals surface area contributed by atoms with Crippen LogP contribution in [0.4, 0.5) is 11.4 Å². The fourth-order valence-corrected chi connectivity index (χ4v) is 8.44. The molecular formula is C48H31N3. The average Bonchev–Trinajstić information content (AvgIpc) is 3.71. The number of rotatable bonds is 4. The van der Waals surface area contributed by atoms with Crippen LogP contribution in [0.15, 0.2) is 188 Å². The molecule has 0 spiro atoms. The molecule has 3 heteroatoms. The van der Waals surface area contributed by atoms with E-state index in [4.69, 9.17) is 0 Å². The van der Waals surface area contributed by atoms with Gasteiger partial charge in [-0.2, -0.15) is 0 Å². The third kappa shape index (κ3) is 4.06. The summed E-state index contributed by atoms with van der Waals surface area (Å²) in [7, 11) is 0. The van der Waals surface area contributed by atoms with Gasteiger partial charge in [-0.15, -0.1) is 0 Å². The molecule has 0 aliphatic carbocycles. The highest BCUT2D eigenvalue weighted by atomic mass is 15.6. The fraction of sp³-hybridized carbons (Fsp3) is 0. The Kier molecular flexibility index (Phi) is 5.96. The van der Waals surface area contributed by atoms with Crippen molar-refractivity contribution in [1.29, 1.82) is 0 Å². The second-order valence-electron chi connectivity index (χ2n) is 13.4. The summed E-state index contributed by atoms with van der Waals surface area (Å²) in [4.78, 5) is 0. The maximum Gasteiger partial charge on any atom is 0.0800 e. The summed E-state index contributed by atoms with van der Waals surface area (Å²) in [6, 6.07) is 68.5. The minimum absolute atomic E-state index is 1.09. The summed E-state index contributed by atoms with van der Waals surface area (Å²) in [5, 5.41) is 14.9. The van der Waals surface area contributed by atoms with E-state index in [9.17, 15) is 0 Å². The van der Waals surface area contributed by atoms with Gasteiger partial charge in [0.15, 0.2) is 0 Å². The van der Waals surface area contributed by atoms with E-state index in [1.807, 2.05) is 0 Å². The molecule has 0 unspecified atom stereocenters. The lowest BCUT2D eigenvalue weighted by atomic mass is 9.95. The maximum atomic E-state index is 2.47. The van der Waals surface area contributed by atoms with Gasteiger partial charge in [-0.05, 0) is 81.5 Å². The van der Waals surface area contributed by atoms with Crippen molar-refractivity contribution in [1.82, 2.24) is 9.24 Å². The molecule has 0 saturated heterocycles. The molecule has 238 valence electrons. The van der Waals surface area contributed by atoms with E-state index in [1.54, 1.807) is 0 Å². The van der Waals surface area contributed by atoms with Crippen LogP contribution in [0.1, 0.15) is 0 Å². The van der Waals surface area contributed by atoms with Crippen molar-refractivity contribution in [2.24, 2.45) is 0 Å². The van der Waals surface area contributed by atoms with Gasteiger partial charge in [0.1, 0.15) is 0 Å². The molecule has 0 atom stereocenters. The van der Waals surface area contributed by atoms with Crippen molar-refractivity contribution in [3.63, 3.8) is 0 Å². The summed E-state index contributed by atoms with van der Waals surface area (Å²) in [5.74, 6) is 0. The van der Waals surface area contributed by atoms with Crippen molar-refractivity contribution < 1.29 is 0 Å².